The van der Waals surface area contributed by atoms with Gasteiger partial charge in [-0.25, -0.2) is 4.98 Å². The molecule has 21 heavy (non-hydrogen) atoms. The lowest BCUT2D eigenvalue weighted by Crippen LogP contribution is -2.05. The molecule has 0 aliphatic rings. The molecule has 0 aliphatic heterocycles. The molecule has 1 aromatic heterocycles. The van der Waals surface area contributed by atoms with Gasteiger partial charge in [-0.3, -0.25) is 0 Å². The van der Waals surface area contributed by atoms with Crippen LogP contribution in [0.25, 0.3) is 0 Å². The fourth-order valence-corrected chi connectivity index (χ4v) is 2.28. The summed E-state index contributed by atoms with van der Waals surface area (Å²) in [6, 6.07) is 5.55. The van der Waals surface area contributed by atoms with E-state index < -0.39 is 0 Å². The highest BCUT2D eigenvalue weighted by atomic mass is 35.5. The van der Waals surface area contributed by atoms with Crippen LogP contribution >= 0.6 is 11.6 Å². The van der Waals surface area contributed by atoms with Crippen LogP contribution < -0.4 is 10.1 Å². The van der Waals surface area contributed by atoms with E-state index >= 15 is 0 Å². The molecule has 0 fully saturated rings. The fraction of sp³-hybridized carbons (Fsp3) is 0.375. The molecule has 0 unspecified atom stereocenters. The summed E-state index contributed by atoms with van der Waals surface area (Å²) in [6.07, 6.45) is 1.82. The molecule has 112 valence electrons. The van der Waals surface area contributed by atoms with E-state index in [1.807, 2.05) is 39.1 Å². The molecule has 2 rings (SSSR count). The van der Waals surface area contributed by atoms with E-state index in [0.717, 1.165) is 41.4 Å². The zero-order valence-electron chi connectivity index (χ0n) is 12.8. The van der Waals surface area contributed by atoms with Gasteiger partial charge in [0, 0.05) is 18.5 Å². The van der Waals surface area contributed by atoms with E-state index in [-0.39, 0.29) is 0 Å². The number of aromatic nitrogens is 2. The second kappa shape index (κ2) is 6.76. The second-order valence-corrected chi connectivity index (χ2v) is 5.37. The number of aryl methyl sites for hydroxylation is 2. The molecule has 0 radical (unpaired) electrons. The Bertz CT molecular complexity index is 644. The maximum Gasteiger partial charge on any atom is 0.227 e. The summed E-state index contributed by atoms with van der Waals surface area (Å²) >= 11 is 5.97. The standard InChI is InChI=1S/C16H20ClN3O/c1-5-6-14-19-15(18-4)11(3)16(20-14)21-13-8-7-12(17)9-10(13)2/h7-9H,5-6H2,1-4H3,(H,18,19,20). The van der Waals surface area contributed by atoms with Crippen molar-refractivity contribution in [2.24, 2.45) is 0 Å². The normalized spacial score (nSPS) is 10.5. The van der Waals surface area contributed by atoms with Crippen LogP contribution in [0.3, 0.4) is 0 Å². The molecule has 0 saturated heterocycles. The SMILES string of the molecule is CCCc1nc(NC)c(C)c(Oc2ccc(Cl)cc2C)n1. The first kappa shape index (κ1) is 15.6. The van der Waals surface area contributed by atoms with Gasteiger partial charge in [0.05, 0.1) is 5.56 Å². The van der Waals surface area contributed by atoms with E-state index in [9.17, 15) is 0 Å². The Hall–Kier alpha value is -1.81. The first-order valence-electron chi connectivity index (χ1n) is 7.04. The van der Waals surface area contributed by atoms with Crippen LogP contribution in [0.5, 0.6) is 11.6 Å². The molecule has 2 aromatic rings. The van der Waals surface area contributed by atoms with Crippen LogP contribution in [-0.4, -0.2) is 17.0 Å². The summed E-state index contributed by atoms with van der Waals surface area (Å²) in [5, 5.41) is 3.79. The summed E-state index contributed by atoms with van der Waals surface area (Å²) in [7, 11) is 1.85. The first-order valence-corrected chi connectivity index (χ1v) is 7.42. The Morgan fingerprint density at radius 1 is 1.24 bits per heavy atom. The van der Waals surface area contributed by atoms with E-state index in [1.54, 1.807) is 0 Å². The summed E-state index contributed by atoms with van der Waals surface area (Å²) < 4.78 is 5.97. The number of hydrogen-bond acceptors (Lipinski definition) is 4. The van der Waals surface area contributed by atoms with Crippen LogP contribution in [0, 0.1) is 13.8 Å². The number of nitrogens with one attached hydrogen (secondary N) is 1. The van der Waals surface area contributed by atoms with Gasteiger partial charge in [0.25, 0.3) is 0 Å². The Labute approximate surface area is 130 Å². The predicted molar refractivity (Wildman–Crippen MR) is 86.6 cm³/mol. The molecule has 0 bridgehead atoms. The van der Waals surface area contributed by atoms with Gasteiger partial charge in [0.2, 0.25) is 5.88 Å². The maximum absolute atomic E-state index is 5.97. The molecule has 1 heterocycles. The Kier molecular flexibility index (Phi) is 5.02. The van der Waals surface area contributed by atoms with Gasteiger partial charge in [0.15, 0.2) is 0 Å². The van der Waals surface area contributed by atoms with Crippen LogP contribution in [0.1, 0.15) is 30.3 Å². The molecular formula is C16H20ClN3O. The average Bonchev–Trinajstić information content (AvgIpc) is 2.45. The van der Waals surface area contributed by atoms with Gasteiger partial charge in [0.1, 0.15) is 17.4 Å². The van der Waals surface area contributed by atoms with Crippen molar-refractivity contribution < 1.29 is 4.74 Å². The Balaban J connectivity index is 2.40. The van der Waals surface area contributed by atoms with Crippen molar-refractivity contribution in [1.82, 2.24) is 9.97 Å². The minimum absolute atomic E-state index is 0.586. The monoisotopic (exact) mass is 305 g/mol. The molecule has 4 nitrogen and oxygen atoms in total. The Morgan fingerprint density at radius 3 is 2.62 bits per heavy atom. The quantitative estimate of drug-likeness (QED) is 0.881. The van der Waals surface area contributed by atoms with Crippen molar-refractivity contribution in [3.63, 3.8) is 0 Å². The minimum atomic E-state index is 0.586. The van der Waals surface area contributed by atoms with Gasteiger partial charge >= 0.3 is 0 Å². The van der Waals surface area contributed by atoms with Crippen molar-refractivity contribution in [1.29, 1.82) is 0 Å². The summed E-state index contributed by atoms with van der Waals surface area (Å²) in [5.41, 5.74) is 1.87. The van der Waals surface area contributed by atoms with Crippen molar-refractivity contribution in [3.8, 4) is 11.6 Å². The summed E-state index contributed by atoms with van der Waals surface area (Å²) in [4.78, 5) is 9.02. The third kappa shape index (κ3) is 3.64. The van der Waals surface area contributed by atoms with Gasteiger partial charge in [-0.1, -0.05) is 18.5 Å². The lowest BCUT2D eigenvalue weighted by Gasteiger charge is -2.14. The minimum Gasteiger partial charge on any atom is -0.438 e. The number of anilines is 1. The molecule has 0 aliphatic carbocycles. The Morgan fingerprint density at radius 2 is 2.00 bits per heavy atom. The van der Waals surface area contributed by atoms with Gasteiger partial charge in [-0.2, -0.15) is 4.98 Å². The number of benzene rings is 1. The van der Waals surface area contributed by atoms with E-state index in [2.05, 4.69) is 22.2 Å². The highest BCUT2D eigenvalue weighted by molar-refractivity contribution is 6.30. The zero-order valence-corrected chi connectivity index (χ0v) is 13.6. The van der Waals surface area contributed by atoms with Crippen molar-refractivity contribution >= 4 is 17.4 Å². The summed E-state index contributed by atoms with van der Waals surface area (Å²) in [5.74, 6) is 2.93. The van der Waals surface area contributed by atoms with Gasteiger partial charge in [-0.15, -0.1) is 0 Å². The van der Waals surface area contributed by atoms with Crippen LogP contribution in [0.15, 0.2) is 18.2 Å². The van der Waals surface area contributed by atoms with E-state index in [0.29, 0.717) is 10.9 Å². The van der Waals surface area contributed by atoms with Crippen LogP contribution in [0.2, 0.25) is 5.02 Å². The average molecular weight is 306 g/mol. The number of rotatable bonds is 5. The molecule has 0 saturated carbocycles. The first-order chi connectivity index (χ1) is 10.0. The molecule has 0 amide bonds. The largest absolute Gasteiger partial charge is 0.438 e. The molecule has 5 heteroatoms. The van der Waals surface area contributed by atoms with Gasteiger partial charge < -0.3 is 10.1 Å². The lowest BCUT2D eigenvalue weighted by atomic mass is 10.2. The molecule has 0 atom stereocenters. The van der Waals surface area contributed by atoms with E-state index in [4.69, 9.17) is 16.3 Å². The second-order valence-electron chi connectivity index (χ2n) is 4.93. The zero-order chi connectivity index (χ0) is 15.4. The molecule has 0 spiro atoms. The maximum atomic E-state index is 5.97. The highest BCUT2D eigenvalue weighted by Gasteiger charge is 2.13. The highest BCUT2D eigenvalue weighted by Crippen LogP contribution is 2.30. The number of halogens is 1. The van der Waals surface area contributed by atoms with Crippen LogP contribution in [-0.2, 0) is 6.42 Å². The third-order valence-corrected chi connectivity index (χ3v) is 3.44. The number of ether oxygens (including phenoxy) is 1. The lowest BCUT2D eigenvalue weighted by molar-refractivity contribution is 0.451. The van der Waals surface area contributed by atoms with Crippen molar-refractivity contribution in [2.75, 3.05) is 12.4 Å². The third-order valence-electron chi connectivity index (χ3n) is 3.20. The summed E-state index contributed by atoms with van der Waals surface area (Å²) in [6.45, 7) is 6.01. The van der Waals surface area contributed by atoms with Crippen LogP contribution in [0.4, 0.5) is 5.82 Å². The molecular weight excluding hydrogens is 286 g/mol. The van der Waals surface area contributed by atoms with E-state index in [1.165, 1.54) is 0 Å². The molecule has 1 N–H and O–H groups in total. The number of nitrogens with zero attached hydrogens (tertiary/aromatic N) is 2. The smallest absolute Gasteiger partial charge is 0.227 e. The van der Waals surface area contributed by atoms with Crippen molar-refractivity contribution in [3.05, 3.63) is 40.2 Å². The van der Waals surface area contributed by atoms with Gasteiger partial charge in [-0.05, 0) is 44.0 Å². The fourth-order valence-electron chi connectivity index (χ4n) is 2.05. The number of hydrogen-bond donors (Lipinski definition) is 1. The predicted octanol–water partition coefficient (Wildman–Crippen LogP) is 4.53. The van der Waals surface area contributed by atoms with Crippen molar-refractivity contribution in [2.45, 2.75) is 33.6 Å². The topological polar surface area (TPSA) is 47.0 Å². The molecule has 1 aromatic carbocycles.